The first-order valence-electron chi connectivity index (χ1n) is 11.9. The quantitative estimate of drug-likeness (QED) is 0.311. The molecule has 39 heavy (non-hydrogen) atoms. The number of ether oxygens (including phenoxy) is 1. The molecule has 9 nitrogen and oxygen atoms in total. The Morgan fingerprint density at radius 2 is 1.82 bits per heavy atom. The topological polar surface area (TPSA) is 134 Å². The largest absolute Gasteiger partial charge is 0.495 e. The van der Waals surface area contributed by atoms with Crippen molar-refractivity contribution in [2.75, 3.05) is 17.1 Å². The average molecular weight is 579 g/mol. The molecule has 0 amide bonds. The zero-order valence-electron chi connectivity index (χ0n) is 20.7. The number of anilines is 2. The summed E-state index contributed by atoms with van der Waals surface area (Å²) in [6.07, 6.45) is 5.48. The van der Waals surface area contributed by atoms with Crippen LogP contribution in [0.25, 0.3) is 0 Å². The lowest BCUT2D eigenvalue weighted by atomic mass is 9.93. The lowest BCUT2D eigenvalue weighted by Crippen LogP contribution is -2.28. The number of aliphatic hydroxyl groups excluding tert-OH is 2. The Bertz CT molecular complexity index is 1520. The van der Waals surface area contributed by atoms with Crippen molar-refractivity contribution in [2.24, 2.45) is 0 Å². The fourth-order valence-electron chi connectivity index (χ4n) is 4.12. The molecule has 1 aliphatic carbocycles. The number of methoxy groups -OCH3 is 1. The maximum Gasteiger partial charge on any atom is 0.265 e. The van der Waals surface area contributed by atoms with Crippen molar-refractivity contribution in [3.63, 3.8) is 0 Å². The molecule has 3 aromatic rings. The van der Waals surface area contributed by atoms with Crippen LogP contribution < -0.4 is 14.8 Å². The summed E-state index contributed by atoms with van der Waals surface area (Å²) in [5.41, 5.74) is -0.823. The van der Waals surface area contributed by atoms with Crippen LogP contribution in [0.4, 0.5) is 20.4 Å². The zero-order valence-corrected chi connectivity index (χ0v) is 22.3. The molecule has 1 fully saturated rings. The molecule has 1 aromatic heterocycles. The molecule has 4 N–H and O–H groups in total. The van der Waals surface area contributed by atoms with Gasteiger partial charge in [-0.25, -0.2) is 27.2 Å². The summed E-state index contributed by atoms with van der Waals surface area (Å²) in [7, 11) is -3.26. The van der Waals surface area contributed by atoms with E-state index in [0.717, 1.165) is 31.0 Å². The molecule has 1 aliphatic rings. The number of hydrogen-bond acceptors (Lipinski definition) is 8. The molecule has 1 heterocycles. The number of nitrogens with zero attached hydrogens (tertiary/aromatic N) is 2. The maximum atomic E-state index is 15.2. The monoisotopic (exact) mass is 578 g/mol. The molecule has 206 valence electrons. The van der Waals surface area contributed by atoms with Gasteiger partial charge in [-0.15, -0.1) is 0 Å². The van der Waals surface area contributed by atoms with Gasteiger partial charge in [0.05, 0.1) is 36.6 Å². The molecule has 0 atom stereocenters. The van der Waals surface area contributed by atoms with Crippen LogP contribution in [-0.2, 0) is 16.6 Å². The van der Waals surface area contributed by atoms with Crippen molar-refractivity contribution in [3.8, 4) is 17.6 Å². The highest BCUT2D eigenvalue weighted by atomic mass is 35.5. The fraction of sp³-hybridized carbons (Fsp3) is 0.308. The minimum atomic E-state index is -4.47. The SMILES string of the molecule is COc1c(CO)cc(Cl)cc1S(=O)(=O)Nc1ccc(F)c(C#Cc2cnc(N[C@H]3CC[C@H](O)CC3)nc2)c1F. The summed E-state index contributed by atoms with van der Waals surface area (Å²) in [6.45, 7) is -0.553. The van der Waals surface area contributed by atoms with Gasteiger partial charge in [0.1, 0.15) is 16.5 Å². The first-order chi connectivity index (χ1) is 18.6. The molecule has 0 aliphatic heterocycles. The van der Waals surface area contributed by atoms with E-state index in [1.165, 1.54) is 25.6 Å². The lowest BCUT2D eigenvalue weighted by molar-refractivity contribution is 0.126. The van der Waals surface area contributed by atoms with E-state index in [1.807, 2.05) is 0 Å². The van der Waals surface area contributed by atoms with Gasteiger partial charge in [-0.2, -0.15) is 0 Å². The maximum absolute atomic E-state index is 15.2. The average Bonchev–Trinajstić information content (AvgIpc) is 2.92. The molecule has 1 saturated carbocycles. The normalized spacial score (nSPS) is 17.2. The summed E-state index contributed by atoms with van der Waals surface area (Å²) in [5, 5.41) is 22.3. The van der Waals surface area contributed by atoms with Crippen molar-refractivity contribution in [2.45, 2.75) is 49.3 Å². The van der Waals surface area contributed by atoms with Crippen LogP contribution in [0.15, 0.2) is 41.6 Å². The van der Waals surface area contributed by atoms with E-state index >= 15 is 4.39 Å². The number of halogens is 3. The van der Waals surface area contributed by atoms with Gasteiger partial charge >= 0.3 is 0 Å². The third-order valence-electron chi connectivity index (χ3n) is 6.11. The van der Waals surface area contributed by atoms with Gasteiger partial charge in [-0.05, 0) is 49.9 Å². The first kappa shape index (κ1) is 28.5. The summed E-state index contributed by atoms with van der Waals surface area (Å²) in [4.78, 5) is 7.92. The van der Waals surface area contributed by atoms with E-state index in [9.17, 15) is 23.0 Å². The first-order valence-corrected chi connectivity index (χ1v) is 13.7. The third kappa shape index (κ3) is 6.75. The van der Waals surface area contributed by atoms with Crippen LogP contribution in [0.3, 0.4) is 0 Å². The van der Waals surface area contributed by atoms with Crippen molar-refractivity contribution in [3.05, 3.63) is 70.0 Å². The Balaban J connectivity index is 1.56. The Morgan fingerprint density at radius 1 is 1.13 bits per heavy atom. The second kappa shape index (κ2) is 12.1. The van der Waals surface area contributed by atoms with Gasteiger partial charge < -0.3 is 20.3 Å². The predicted molar refractivity (Wildman–Crippen MR) is 141 cm³/mol. The highest BCUT2D eigenvalue weighted by molar-refractivity contribution is 7.92. The Labute approximate surface area is 229 Å². The lowest BCUT2D eigenvalue weighted by Gasteiger charge is -2.25. The molecular weight excluding hydrogens is 554 g/mol. The summed E-state index contributed by atoms with van der Waals surface area (Å²) < 4.78 is 63.0. The van der Waals surface area contributed by atoms with Crippen LogP contribution >= 0.6 is 11.6 Å². The molecule has 0 spiro atoms. The van der Waals surface area contributed by atoms with Crippen LogP contribution in [0.1, 0.15) is 42.4 Å². The van der Waals surface area contributed by atoms with Gasteiger partial charge in [0.25, 0.3) is 10.0 Å². The summed E-state index contributed by atoms with van der Waals surface area (Å²) in [6, 6.07) is 4.36. The Kier molecular flexibility index (Phi) is 8.87. The molecule has 0 bridgehead atoms. The van der Waals surface area contributed by atoms with Crippen molar-refractivity contribution in [1.82, 2.24) is 9.97 Å². The number of hydrogen-bond donors (Lipinski definition) is 4. The number of aliphatic hydroxyl groups is 2. The van der Waals surface area contributed by atoms with Gasteiger partial charge in [0.2, 0.25) is 5.95 Å². The molecule has 2 aromatic carbocycles. The second-order valence-electron chi connectivity index (χ2n) is 8.84. The van der Waals surface area contributed by atoms with Crippen molar-refractivity contribution < 1.29 is 32.1 Å². The molecule has 0 saturated heterocycles. The van der Waals surface area contributed by atoms with E-state index in [2.05, 4.69) is 31.8 Å². The van der Waals surface area contributed by atoms with Crippen molar-refractivity contribution in [1.29, 1.82) is 0 Å². The Hall–Kier alpha value is -3.50. The number of aromatic nitrogens is 2. The van der Waals surface area contributed by atoms with E-state index in [-0.39, 0.29) is 34.0 Å². The number of sulfonamides is 1. The molecule has 13 heteroatoms. The highest BCUT2D eigenvalue weighted by Crippen LogP contribution is 2.34. The molecule has 0 unspecified atom stereocenters. The minimum absolute atomic E-state index is 0.00679. The van der Waals surface area contributed by atoms with Gasteiger partial charge in [-0.3, -0.25) is 4.72 Å². The smallest absolute Gasteiger partial charge is 0.265 e. The Morgan fingerprint density at radius 3 is 2.46 bits per heavy atom. The van der Waals surface area contributed by atoms with Gasteiger partial charge in [-0.1, -0.05) is 23.4 Å². The molecule has 4 rings (SSSR count). The van der Waals surface area contributed by atoms with Crippen LogP contribution in [0.2, 0.25) is 5.02 Å². The predicted octanol–water partition coefficient (Wildman–Crippen LogP) is 3.83. The van der Waals surface area contributed by atoms with Gasteiger partial charge in [0.15, 0.2) is 5.82 Å². The summed E-state index contributed by atoms with van der Waals surface area (Å²) >= 11 is 5.98. The third-order valence-corrected chi connectivity index (χ3v) is 7.70. The number of nitrogens with one attached hydrogen (secondary N) is 2. The van der Waals surface area contributed by atoms with Crippen molar-refractivity contribution >= 4 is 33.3 Å². The van der Waals surface area contributed by atoms with E-state index in [0.29, 0.717) is 18.8 Å². The highest BCUT2D eigenvalue weighted by Gasteiger charge is 2.25. The van der Waals surface area contributed by atoms with Gasteiger partial charge in [0, 0.05) is 29.0 Å². The standard InChI is InChI=1S/C26H25ClF2N4O5S/c1-38-25-16(14-34)10-17(27)11-23(25)39(36,37)33-22-9-8-21(28)20(24(22)29)7-2-15-12-30-26(31-13-15)32-18-3-5-19(35)6-4-18/h8-13,18-19,33-35H,3-6,14H2,1H3,(H,30,31,32)/t18-,19-. The van der Waals surface area contributed by atoms with Crippen LogP contribution in [0, 0.1) is 23.5 Å². The molecule has 0 radical (unpaired) electrons. The second-order valence-corrected chi connectivity index (χ2v) is 10.9. The molecular formula is C26H25ClF2N4O5S. The van der Waals surface area contributed by atoms with E-state index < -0.39 is 44.4 Å². The van der Waals surface area contributed by atoms with Crippen LogP contribution in [-0.4, -0.2) is 47.9 Å². The number of rotatable bonds is 7. The fourth-order valence-corrected chi connectivity index (χ4v) is 5.72. The number of benzene rings is 2. The zero-order chi connectivity index (χ0) is 28.2. The minimum Gasteiger partial charge on any atom is -0.495 e. The van der Waals surface area contributed by atoms with E-state index in [4.69, 9.17) is 16.3 Å². The van der Waals surface area contributed by atoms with Crippen LogP contribution in [0.5, 0.6) is 5.75 Å². The van der Waals surface area contributed by atoms with E-state index in [1.54, 1.807) is 0 Å². The summed E-state index contributed by atoms with van der Waals surface area (Å²) in [5.74, 6) is 2.94.